The Bertz CT molecular complexity index is 546. The van der Waals surface area contributed by atoms with Crippen molar-refractivity contribution < 1.29 is 13.2 Å². The minimum Gasteiger partial charge on any atom is -0.354 e. The van der Waals surface area contributed by atoms with Gasteiger partial charge < -0.3 is 11.1 Å². The normalized spacial score (nSPS) is 12.3. The van der Waals surface area contributed by atoms with Gasteiger partial charge in [0.25, 0.3) is 0 Å². The number of amides is 1. The van der Waals surface area contributed by atoms with Gasteiger partial charge in [-0.1, -0.05) is 29.8 Å². The zero-order chi connectivity index (χ0) is 15.2. The summed E-state index contributed by atoms with van der Waals surface area (Å²) in [5.74, 6) is -0.270. The quantitative estimate of drug-likeness (QED) is 0.630. The highest BCUT2D eigenvalue weighted by Gasteiger charge is 2.14. The summed E-state index contributed by atoms with van der Waals surface area (Å²) in [5.41, 5.74) is 7.71. The van der Waals surface area contributed by atoms with Crippen LogP contribution in [0, 0.1) is 6.92 Å². The Morgan fingerprint density at radius 1 is 1.24 bits per heavy atom. The molecule has 0 spiro atoms. The fraction of sp³-hybridized carbons (Fsp3) is 0.462. The van der Waals surface area contributed by atoms with Crippen LogP contribution in [0.2, 0.25) is 0 Å². The van der Waals surface area contributed by atoms with Crippen molar-refractivity contribution in [1.82, 2.24) is 10.0 Å². The number of benzene rings is 1. The Hall–Kier alpha value is -1.15. The Morgan fingerprint density at radius 3 is 2.33 bits per heavy atom. The Balaban J connectivity index is 0.00000400. The van der Waals surface area contributed by atoms with E-state index in [1.807, 2.05) is 31.2 Å². The van der Waals surface area contributed by atoms with E-state index in [0.717, 1.165) is 17.4 Å². The van der Waals surface area contributed by atoms with Crippen LogP contribution in [-0.4, -0.2) is 33.7 Å². The number of hydrogen-bond acceptors (Lipinski definition) is 4. The third-order valence-corrected chi connectivity index (χ3v) is 3.46. The minimum absolute atomic E-state index is 0. The molecule has 0 aliphatic rings. The maximum atomic E-state index is 11.8. The van der Waals surface area contributed by atoms with Gasteiger partial charge in [-0.2, -0.15) is 0 Å². The fourth-order valence-corrected chi connectivity index (χ4v) is 2.11. The lowest BCUT2D eigenvalue weighted by molar-refractivity contribution is -0.122. The minimum atomic E-state index is -3.18. The van der Waals surface area contributed by atoms with E-state index in [1.165, 1.54) is 0 Å². The SMILES string of the molecule is Cc1ccc(C(N)C(=O)NCCCNS(C)(=O)=O)cc1.Cl. The average molecular weight is 336 g/mol. The molecule has 120 valence electrons. The van der Waals surface area contributed by atoms with Crippen molar-refractivity contribution >= 4 is 28.3 Å². The van der Waals surface area contributed by atoms with Gasteiger partial charge in [-0.05, 0) is 18.9 Å². The molecule has 6 nitrogen and oxygen atoms in total. The van der Waals surface area contributed by atoms with Crippen molar-refractivity contribution in [2.24, 2.45) is 5.73 Å². The second-order valence-electron chi connectivity index (χ2n) is 4.70. The first-order valence-electron chi connectivity index (χ1n) is 6.34. The predicted octanol–water partition coefficient (Wildman–Crippen LogP) is 0.472. The van der Waals surface area contributed by atoms with E-state index < -0.39 is 16.1 Å². The van der Waals surface area contributed by atoms with E-state index in [0.29, 0.717) is 19.5 Å². The molecule has 1 atom stereocenters. The number of nitrogens with two attached hydrogens (primary N) is 1. The number of nitrogens with one attached hydrogen (secondary N) is 2. The van der Waals surface area contributed by atoms with Gasteiger partial charge in [0.15, 0.2) is 0 Å². The van der Waals surface area contributed by atoms with Crippen molar-refractivity contribution in [1.29, 1.82) is 0 Å². The van der Waals surface area contributed by atoms with Gasteiger partial charge in [0.1, 0.15) is 6.04 Å². The van der Waals surface area contributed by atoms with Crippen molar-refractivity contribution in [2.45, 2.75) is 19.4 Å². The molecule has 8 heteroatoms. The molecule has 0 bridgehead atoms. The second kappa shape index (κ2) is 8.99. The molecule has 0 saturated carbocycles. The second-order valence-corrected chi connectivity index (χ2v) is 6.53. The summed E-state index contributed by atoms with van der Waals surface area (Å²) in [6, 6.07) is 6.74. The number of hydrogen-bond donors (Lipinski definition) is 3. The third-order valence-electron chi connectivity index (χ3n) is 2.74. The summed E-state index contributed by atoms with van der Waals surface area (Å²) >= 11 is 0. The van der Waals surface area contributed by atoms with Gasteiger partial charge >= 0.3 is 0 Å². The summed E-state index contributed by atoms with van der Waals surface area (Å²) in [6.45, 7) is 2.63. The zero-order valence-corrected chi connectivity index (χ0v) is 13.8. The van der Waals surface area contributed by atoms with Crippen LogP contribution >= 0.6 is 12.4 Å². The lowest BCUT2D eigenvalue weighted by atomic mass is 10.1. The molecule has 1 aromatic rings. The van der Waals surface area contributed by atoms with Crippen molar-refractivity contribution in [3.63, 3.8) is 0 Å². The molecule has 0 radical (unpaired) electrons. The standard InChI is InChI=1S/C13H21N3O3S.ClH/c1-10-4-6-11(7-5-10)12(14)13(17)15-8-3-9-16-20(2,18)19;/h4-7,12,16H,3,8-9,14H2,1-2H3,(H,15,17);1H. The number of carbonyl (C=O) groups is 1. The molecule has 1 aromatic carbocycles. The van der Waals surface area contributed by atoms with E-state index in [2.05, 4.69) is 10.0 Å². The van der Waals surface area contributed by atoms with Crippen LogP contribution in [0.25, 0.3) is 0 Å². The summed E-state index contributed by atoms with van der Waals surface area (Å²) in [7, 11) is -3.18. The topological polar surface area (TPSA) is 101 Å². The Kier molecular flexibility index (Phi) is 8.50. The molecule has 1 unspecified atom stereocenters. The molecular formula is C13H22ClN3O3S. The molecule has 0 fully saturated rings. The van der Waals surface area contributed by atoms with Crippen LogP contribution in [0.5, 0.6) is 0 Å². The number of halogens is 1. The molecule has 0 aromatic heterocycles. The van der Waals surface area contributed by atoms with Gasteiger partial charge in [-0.25, -0.2) is 13.1 Å². The smallest absolute Gasteiger partial charge is 0.241 e. The first kappa shape index (κ1) is 19.9. The van der Waals surface area contributed by atoms with Crippen LogP contribution in [0.1, 0.15) is 23.6 Å². The lowest BCUT2D eigenvalue weighted by Crippen LogP contribution is -2.35. The molecule has 4 N–H and O–H groups in total. The highest BCUT2D eigenvalue weighted by Crippen LogP contribution is 2.11. The van der Waals surface area contributed by atoms with E-state index in [9.17, 15) is 13.2 Å². The first-order chi connectivity index (χ1) is 9.29. The highest BCUT2D eigenvalue weighted by atomic mass is 35.5. The fourth-order valence-electron chi connectivity index (χ4n) is 1.59. The molecule has 0 heterocycles. The molecular weight excluding hydrogens is 314 g/mol. The average Bonchev–Trinajstić information content (AvgIpc) is 2.37. The largest absolute Gasteiger partial charge is 0.354 e. The summed E-state index contributed by atoms with van der Waals surface area (Å²) < 4.78 is 24.0. The Labute approximate surface area is 132 Å². The Morgan fingerprint density at radius 2 is 1.81 bits per heavy atom. The molecule has 21 heavy (non-hydrogen) atoms. The van der Waals surface area contributed by atoms with E-state index >= 15 is 0 Å². The van der Waals surface area contributed by atoms with Gasteiger partial charge in [-0.15, -0.1) is 12.4 Å². The van der Waals surface area contributed by atoms with Gasteiger partial charge in [-0.3, -0.25) is 4.79 Å². The molecule has 1 amide bonds. The van der Waals surface area contributed by atoms with E-state index in [1.54, 1.807) is 0 Å². The lowest BCUT2D eigenvalue weighted by Gasteiger charge is -2.12. The zero-order valence-electron chi connectivity index (χ0n) is 12.1. The van der Waals surface area contributed by atoms with Crippen LogP contribution in [0.3, 0.4) is 0 Å². The number of aryl methyl sites for hydroxylation is 1. The maximum absolute atomic E-state index is 11.8. The molecule has 0 aliphatic carbocycles. The van der Waals surface area contributed by atoms with Gasteiger partial charge in [0.05, 0.1) is 6.26 Å². The van der Waals surface area contributed by atoms with Crippen LogP contribution in [-0.2, 0) is 14.8 Å². The van der Waals surface area contributed by atoms with E-state index in [4.69, 9.17) is 5.73 Å². The van der Waals surface area contributed by atoms with Crippen LogP contribution in [0.15, 0.2) is 24.3 Å². The highest BCUT2D eigenvalue weighted by molar-refractivity contribution is 7.88. The third kappa shape index (κ3) is 8.01. The molecule has 0 saturated heterocycles. The van der Waals surface area contributed by atoms with Crippen molar-refractivity contribution in [3.8, 4) is 0 Å². The van der Waals surface area contributed by atoms with E-state index in [-0.39, 0.29) is 18.3 Å². The number of sulfonamides is 1. The summed E-state index contributed by atoms with van der Waals surface area (Å²) in [4.78, 5) is 11.8. The van der Waals surface area contributed by atoms with Crippen molar-refractivity contribution in [3.05, 3.63) is 35.4 Å². The van der Waals surface area contributed by atoms with Gasteiger partial charge in [0, 0.05) is 13.1 Å². The summed E-state index contributed by atoms with van der Waals surface area (Å²) in [5, 5.41) is 2.68. The monoisotopic (exact) mass is 335 g/mol. The molecule has 1 rings (SSSR count). The number of rotatable bonds is 7. The number of carbonyl (C=O) groups excluding carboxylic acids is 1. The first-order valence-corrected chi connectivity index (χ1v) is 8.23. The van der Waals surface area contributed by atoms with Crippen LogP contribution < -0.4 is 15.8 Å². The molecule has 0 aliphatic heterocycles. The van der Waals surface area contributed by atoms with Crippen molar-refractivity contribution in [2.75, 3.05) is 19.3 Å². The van der Waals surface area contributed by atoms with Gasteiger partial charge in [0.2, 0.25) is 15.9 Å². The maximum Gasteiger partial charge on any atom is 0.241 e. The van der Waals surface area contributed by atoms with Crippen LogP contribution in [0.4, 0.5) is 0 Å². The predicted molar refractivity (Wildman–Crippen MR) is 85.8 cm³/mol. The summed E-state index contributed by atoms with van der Waals surface area (Å²) in [6.07, 6.45) is 1.61.